The Hall–Kier alpha value is -1.42. The zero-order valence-electron chi connectivity index (χ0n) is 8.44. The molecule has 1 N–H and O–H groups in total. The molecular weight excluding hydrogens is 199 g/mol. The maximum Gasteiger partial charge on any atom is 0.308 e. The van der Waals surface area contributed by atoms with Gasteiger partial charge >= 0.3 is 5.97 Å². The van der Waals surface area contributed by atoms with Crippen LogP contribution in [0.1, 0.15) is 25.0 Å². The molecule has 0 aliphatic heterocycles. The van der Waals surface area contributed by atoms with E-state index in [0.29, 0.717) is 5.56 Å². The Morgan fingerprint density at radius 3 is 2.60 bits per heavy atom. The van der Waals surface area contributed by atoms with Crippen LogP contribution in [0.25, 0.3) is 0 Å². The van der Waals surface area contributed by atoms with Crippen LogP contribution in [0.15, 0.2) is 24.3 Å². The molecule has 0 bridgehead atoms. The van der Waals surface area contributed by atoms with E-state index in [9.17, 15) is 14.3 Å². The van der Waals surface area contributed by atoms with Crippen LogP contribution in [0.4, 0.5) is 4.39 Å². The number of benzene rings is 1. The zero-order chi connectivity index (χ0) is 11.3. The van der Waals surface area contributed by atoms with Gasteiger partial charge in [0.25, 0.3) is 0 Å². The lowest BCUT2D eigenvalue weighted by Crippen LogP contribution is -2.09. The minimum atomic E-state index is -0.940. The summed E-state index contributed by atoms with van der Waals surface area (Å²) >= 11 is 0. The van der Waals surface area contributed by atoms with Gasteiger partial charge in [0.2, 0.25) is 0 Å². The van der Waals surface area contributed by atoms with Crippen molar-refractivity contribution in [2.24, 2.45) is 0 Å². The predicted octanol–water partition coefficient (Wildman–Crippen LogP) is 1.81. The van der Waals surface area contributed by atoms with Crippen molar-refractivity contribution in [2.45, 2.75) is 19.4 Å². The lowest BCUT2D eigenvalue weighted by molar-refractivity contribution is -0.145. The van der Waals surface area contributed by atoms with E-state index < -0.39 is 12.1 Å². The topological polar surface area (TPSA) is 46.5 Å². The molecule has 3 nitrogen and oxygen atoms in total. The third kappa shape index (κ3) is 3.67. The number of rotatable bonds is 4. The van der Waals surface area contributed by atoms with Crippen molar-refractivity contribution >= 4 is 5.97 Å². The van der Waals surface area contributed by atoms with Crippen molar-refractivity contribution in [1.29, 1.82) is 0 Å². The number of esters is 1. The Kier molecular flexibility index (Phi) is 4.24. The second-order valence-electron chi connectivity index (χ2n) is 3.08. The van der Waals surface area contributed by atoms with Crippen molar-refractivity contribution in [3.05, 3.63) is 35.6 Å². The quantitative estimate of drug-likeness (QED) is 0.774. The Morgan fingerprint density at radius 2 is 2.07 bits per heavy atom. The summed E-state index contributed by atoms with van der Waals surface area (Å²) in [5.41, 5.74) is 0.504. The summed E-state index contributed by atoms with van der Waals surface area (Å²) in [6.07, 6.45) is -1.05. The highest BCUT2D eigenvalue weighted by molar-refractivity contribution is 5.70. The van der Waals surface area contributed by atoms with Crippen LogP contribution in [0.5, 0.6) is 0 Å². The van der Waals surface area contributed by atoms with Crippen LogP contribution in [0, 0.1) is 5.82 Å². The molecule has 1 rings (SSSR count). The average Bonchev–Trinajstić information content (AvgIpc) is 2.18. The molecule has 15 heavy (non-hydrogen) atoms. The molecule has 0 saturated heterocycles. The Morgan fingerprint density at radius 1 is 1.47 bits per heavy atom. The van der Waals surface area contributed by atoms with Crippen molar-refractivity contribution in [3.63, 3.8) is 0 Å². The van der Waals surface area contributed by atoms with E-state index >= 15 is 0 Å². The van der Waals surface area contributed by atoms with Crippen LogP contribution in [0.2, 0.25) is 0 Å². The van der Waals surface area contributed by atoms with Gasteiger partial charge < -0.3 is 9.84 Å². The Balaban J connectivity index is 2.57. The number of hydrogen-bond donors (Lipinski definition) is 1. The lowest BCUT2D eigenvalue weighted by Gasteiger charge is -2.09. The summed E-state index contributed by atoms with van der Waals surface area (Å²) in [4.78, 5) is 11.0. The van der Waals surface area contributed by atoms with Crippen molar-refractivity contribution < 1.29 is 19.0 Å². The molecule has 0 saturated carbocycles. The van der Waals surface area contributed by atoms with Crippen LogP contribution >= 0.6 is 0 Å². The minimum Gasteiger partial charge on any atom is -0.466 e. The van der Waals surface area contributed by atoms with Gasteiger partial charge in [0.05, 0.1) is 19.1 Å². The molecule has 0 spiro atoms. The van der Waals surface area contributed by atoms with E-state index in [1.165, 1.54) is 24.3 Å². The highest BCUT2D eigenvalue weighted by Gasteiger charge is 2.13. The van der Waals surface area contributed by atoms with Crippen molar-refractivity contribution in [2.75, 3.05) is 6.61 Å². The first-order valence-electron chi connectivity index (χ1n) is 4.72. The van der Waals surface area contributed by atoms with Crippen molar-refractivity contribution in [1.82, 2.24) is 0 Å². The average molecular weight is 212 g/mol. The summed E-state index contributed by atoms with van der Waals surface area (Å²) in [5, 5.41) is 9.59. The third-order valence-electron chi connectivity index (χ3n) is 1.92. The number of carbonyl (C=O) groups excluding carboxylic acids is 1. The molecule has 0 aliphatic carbocycles. The van der Waals surface area contributed by atoms with Gasteiger partial charge in [0.15, 0.2) is 0 Å². The maximum absolute atomic E-state index is 12.6. The van der Waals surface area contributed by atoms with Gasteiger partial charge in [-0.2, -0.15) is 0 Å². The van der Waals surface area contributed by atoms with Gasteiger partial charge in [0.1, 0.15) is 5.82 Å². The van der Waals surface area contributed by atoms with E-state index in [-0.39, 0.29) is 18.8 Å². The first-order chi connectivity index (χ1) is 7.13. The van der Waals surface area contributed by atoms with Crippen LogP contribution in [-0.2, 0) is 9.53 Å². The van der Waals surface area contributed by atoms with Gasteiger partial charge in [-0.3, -0.25) is 4.79 Å². The second kappa shape index (κ2) is 5.46. The molecule has 0 fully saturated rings. The van der Waals surface area contributed by atoms with Gasteiger partial charge in [0, 0.05) is 0 Å². The number of carbonyl (C=O) groups is 1. The third-order valence-corrected chi connectivity index (χ3v) is 1.92. The number of aliphatic hydroxyl groups excluding tert-OH is 1. The molecule has 1 unspecified atom stereocenters. The second-order valence-corrected chi connectivity index (χ2v) is 3.08. The SMILES string of the molecule is CCOC(=O)CC(O)c1ccc(F)cc1. The molecule has 1 aromatic rings. The number of hydrogen-bond acceptors (Lipinski definition) is 3. The largest absolute Gasteiger partial charge is 0.466 e. The Labute approximate surface area is 87.5 Å². The van der Waals surface area contributed by atoms with E-state index in [4.69, 9.17) is 0 Å². The summed E-state index contributed by atoms with van der Waals surface area (Å²) < 4.78 is 17.2. The standard InChI is InChI=1S/C11H13FO3/c1-2-15-11(14)7-10(13)8-3-5-9(12)6-4-8/h3-6,10,13H,2,7H2,1H3. The minimum absolute atomic E-state index is 0.112. The van der Waals surface area contributed by atoms with Gasteiger partial charge in [-0.1, -0.05) is 12.1 Å². The first-order valence-corrected chi connectivity index (χ1v) is 4.72. The first kappa shape index (κ1) is 11.7. The summed E-state index contributed by atoms with van der Waals surface area (Å²) in [6.45, 7) is 1.98. The molecule has 1 atom stereocenters. The van der Waals surface area contributed by atoms with Gasteiger partial charge in [-0.25, -0.2) is 4.39 Å². The summed E-state index contributed by atoms with van der Waals surface area (Å²) in [7, 11) is 0. The molecule has 0 radical (unpaired) electrons. The lowest BCUT2D eigenvalue weighted by atomic mass is 10.1. The van der Waals surface area contributed by atoms with E-state index in [1.54, 1.807) is 6.92 Å². The smallest absolute Gasteiger partial charge is 0.308 e. The fraction of sp³-hybridized carbons (Fsp3) is 0.364. The molecule has 4 heteroatoms. The normalized spacial score (nSPS) is 12.2. The van der Waals surface area contributed by atoms with Gasteiger partial charge in [-0.15, -0.1) is 0 Å². The van der Waals surface area contributed by atoms with Gasteiger partial charge in [-0.05, 0) is 24.6 Å². The van der Waals surface area contributed by atoms with Crippen LogP contribution in [0.3, 0.4) is 0 Å². The molecule has 0 aromatic heterocycles. The molecule has 1 aromatic carbocycles. The molecule has 0 heterocycles. The molecule has 0 amide bonds. The summed E-state index contributed by atoms with van der Waals surface area (Å²) in [5.74, 6) is -0.837. The maximum atomic E-state index is 12.6. The van der Waals surface area contributed by atoms with E-state index in [2.05, 4.69) is 4.74 Å². The number of aliphatic hydroxyl groups is 1. The fourth-order valence-corrected chi connectivity index (χ4v) is 1.18. The van der Waals surface area contributed by atoms with E-state index in [1.807, 2.05) is 0 Å². The molecular formula is C11H13FO3. The molecule has 0 aliphatic rings. The van der Waals surface area contributed by atoms with Crippen molar-refractivity contribution in [3.8, 4) is 0 Å². The van der Waals surface area contributed by atoms with E-state index in [0.717, 1.165) is 0 Å². The van der Waals surface area contributed by atoms with Crippen LogP contribution in [-0.4, -0.2) is 17.7 Å². The van der Waals surface area contributed by atoms with Crippen LogP contribution < -0.4 is 0 Å². The molecule has 82 valence electrons. The number of ether oxygens (including phenoxy) is 1. The predicted molar refractivity (Wildman–Crippen MR) is 52.6 cm³/mol. The number of halogens is 1. The fourth-order valence-electron chi connectivity index (χ4n) is 1.18. The summed E-state index contributed by atoms with van der Waals surface area (Å²) in [6, 6.07) is 5.37. The monoisotopic (exact) mass is 212 g/mol. The highest BCUT2D eigenvalue weighted by atomic mass is 19.1. The Bertz CT molecular complexity index is 321. The zero-order valence-corrected chi connectivity index (χ0v) is 8.44. The highest BCUT2D eigenvalue weighted by Crippen LogP contribution is 2.17.